The lowest BCUT2D eigenvalue weighted by Gasteiger charge is -2.24. The van der Waals surface area contributed by atoms with Gasteiger partial charge in [0.05, 0.1) is 0 Å². The first-order valence-electron chi connectivity index (χ1n) is 6.68. The Hall–Kier alpha value is -1.75. The molecule has 1 amide bonds. The van der Waals surface area contributed by atoms with Crippen LogP contribution in [0.3, 0.4) is 0 Å². The topological polar surface area (TPSA) is 64.8 Å². The smallest absolute Gasteiger partial charge is 0.410 e. The maximum Gasteiger partial charge on any atom is 0.410 e. The quantitative estimate of drug-likeness (QED) is 0.899. The largest absolute Gasteiger partial charge is 0.492 e. The van der Waals surface area contributed by atoms with Crippen LogP contribution in [0, 0.1) is 0 Å². The minimum Gasteiger partial charge on any atom is -0.492 e. The van der Waals surface area contributed by atoms with Crippen molar-refractivity contribution in [2.24, 2.45) is 5.73 Å². The lowest BCUT2D eigenvalue weighted by Crippen LogP contribution is -2.33. The molecule has 0 spiro atoms. The molecule has 112 valence electrons. The number of nitrogens with zero attached hydrogens (tertiary/aromatic N) is 1. The van der Waals surface area contributed by atoms with Crippen LogP contribution in [0.2, 0.25) is 0 Å². The molecule has 0 unspecified atom stereocenters. The SMILES string of the molecule is CN(Cc1cccc(OCCN)c1)C(=O)OC(C)(C)C. The van der Waals surface area contributed by atoms with Crippen molar-refractivity contribution in [1.82, 2.24) is 4.90 Å². The minimum absolute atomic E-state index is 0.342. The zero-order chi connectivity index (χ0) is 15.2. The molecule has 1 rings (SSSR count). The van der Waals surface area contributed by atoms with E-state index in [1.807, 2.05) is 45.0 Å². The molecule has 0 fully saturated rings. The van der Waals surface area contributed by atoms with Crippen molar-refractivity contribution in [2.45, 2.75) is 32.9 Å². The molecule has 0 heterocycles. The number of ether oxygens (including phenoxy) is 2. The van der Waals surface area contributed by atoms with Gasteiger partial charge in [0.15, 0.2) is 0 Å². The monoisotopic (exact) mass is 280 g/mol. The minimum atomic E-state index is -0.489. The maximum atomic E-state index is 11.9. The average Bonchev–Trinajstić information content (AvgIpc) is 2.34. The molecule has 5 nitrogen and oxygen atoms in total. The number of carbonyl (C=O) groups is 1. The highest BCUT2D eigenvalue weighted by atomic mass is 16.6. The van der Waals surface area contributed by atoms with Crippen molar-refractivity contribution in [3.8, 4) is 5.75 Å². The van der Waals surface area contributed by atoms with Gasteiger partial charge in [-0.1, -0.05) is 12.1 Å². The fourth-order valence-electron chi connectivity index (χ4n) is 1.59. The van der Waals surface area contributed by atoms with Gasteiger partial charge in [0.2, 0.25) is 0 Å². The van der Waals surface area contributed by atoms with Gasteiger partial charge in [0.1, 0.15) is 18.0 Å². The van der Waals surface area contributed by atoms with Crippen molar-refractivity contribution in [3.05, 3.63) is 29.8 Å². The van der Waals surface area contributed by atoms with Crippen molar-refractivity contribution in [2.75, 3.05) is 20.2 Å². The highest BCUT2D eigenvalue weighted by Gasteiger charge is 2.19. The number of carbonyl (C=O) groups excluding carboxylic acids is 1. The van der Waals surface area contributed by atoms with Crippen LogP contribution in [0.4, 0.5) is 4.79 Å². The molecule has 1 aromatic rings. The van der Waals surface area contributed by atoms with E-state index < -0.39 is 5.60 Å². The van der Waals surface area contributed by atoms with Crippen LogP contribution in [0.1, 0.15) is 26.3 Å². The van der Waals surface area contributed by atoms with Gasteiger partial charge >= 0.3 is 6.09 Å². The lowest BCUT2D eigenvalue weighted by molar-refractivity contribution is 0.0285. The van der Waals surface area contributed by atoms with Crippen molar-refractivity contribution >= 4 is 6.09 Å². The molecular formula is C15H24N2O3. The van der Waals surface area contributed by atoms with Crippen LogP contribution in [0.15, 0.2) is 24.3 Å². The maximum absolute atomic E-state index is 11.9. The Balaban J connectivity index is 2.61. The van der Waals surface area contributed by atoms with Crippen LogP contribution < -0.4 is 10.5 Å². The molecule has 0 saturated heterocycles. The van der Waals surface area contributed by atoms with Crippen LogP contribution >= 0.6 is 0 Å². The molecule has 0 bridgehead atoms. The van der Waals surface area contributed by atoms with E-state index in [1.165, 1.54) is 4.90 Å². The summed E-state index contributed by atoms with van der Waals surface area (Å²) in [6, 6.07) is 7.60. The zero-order valence-electron chi connectivity index (χ0n) is 12.7. The number of hydrogen-bond acceptors (Lipinski definition) is 4. The van der Waals surface area contributed by atoms with Crippen molar-refractivity contribution < 1.29 is 14.3 Å². The Morgan fingerprint density at radius 2 is 2.05 bits per heavy atom. The molecule has 0 aliphatic rings. The van der Waals surface area contributed by atoms with E-state index in [-0.39, 0.29) is 6.09 Å². The number of amides is 1. The second kappa shape index (κ2) is 7.14. The van der Waals surface area contributed by atoms with Gasteiger partial charge in [0, 0.05) is 20.1 Å². The van der Waals surface area contributed by atoms with Gasteiger partial charge in [-0.05, 0) is 38.5 Å². The van der Waals surface area contributed by atoms with E-state index in [0.717, 1.165) is 11.3 Å². The predicted molar refractivity (Wildman–Crippen MR) is 78.7 cm³/mol. The molecule has 1 aromatic carbocycles. The van der Waals surface area contributed by atoms with Gasteiger partial charge < -0.3 is 20.1 Å². The third-order valence-corrected chi connectivity index (χ3v) is 2.41. The van der Waals surface area contributed by atoms with Crippen LogP contribution in [-0.4, -0.2) is 36.8 Å². The number of benzene rings is 1. The first-order chi connectivity index (χ1) is 9.31. The van der Waals surface area contributed by atoms with Gasteiger partial charge in [-0.2, -0.15) is 0 Å². The van der Waals surface area contributed by atoms with E-state index in [1.54, 1.807) is 7.05 Å². The molecule has 0 aromatic heterocycles. The fraction of sp³-hybridized carbons (Fsp3) is 0.533. The number of nitrogens with two attached hydrogens (primary N) is 1. The molecule has 0 aliphatic carbocycles. The van der Waals surface area contributed by atoms with E-state index in [2.05, 4.69) is 0 Å². The first kappa shape index (κ1) is 16.3. The third-order valence-electron chi connectivity index (χ3n) is 2.41. The summed E-state index contributed by atoms with van der Waals surface area (Å²) in [7, 11) is 1.71. The lowest BCUT2D eigenvalue weighted by atomic mass is 10.2. The van der Waals surface area contributed by atoms with Crippen LogP contribution in [0.25, 0.3) is 0 Å². The standard InChI is InChI=1S/C15H24N2O3/c1-15(2,3)20-14(18)17(4)11-12-6-5-7-13(10-12)19-9-8-16/h5-7,10H,8-9,11,16H2,1-4H3. The fourth-order valence-corrected chi connectivity index (χ4v) is 1.59. The third kappa shape index (κ3) is 5.93. The van der Waals surface area contributed by atoms with Gasteiger partial charge in [-0.15, -0.1) is 0 Å². The van der Waals surface area contributed by atoms with Crippen molar-refractivity contribution in [3.63, 3.8) is 0 Å². The second-order valence-electron chi connectivity index (χ2n) is 5.62. The Bertz CT molecular complexity index is 441. The molecule has 5 heteroatoms. The summed E-state index contributed by atoms with van der Waals surface area (Å²) in [5, 5.41) is 0. The van der Waals surface area contributed by atoms with Gasteiger partial charge in [-0.3, -0.25) is 0 Å². The molecule has 0 aliphatic heterocycles. The molecule has 2 N–H and O–H groups in total. The number of rotatable bonds is 5. The summed E-state index contributed by atoms with van der Waals surface area (Å²) in [6.45, 7) is 6.96. The van der Waals surface area contributed by atoms with Crippen LogP contribution in [0.5, 0.6) is 5.75 Å². The molecule has 0 radical (unpaired) electrons. The van der Waals surface area contributed by atoms with E-state index >= 15 is 0 Å². The Kier molecular flexibility index (Phi) is 5.82. The Morgan fingerprint density at radius 3 is 2.65 bits per heavy atom. The summed E-state index contributed by atoms with van der Waals surface area (Å²) >= 11 is 0. The van der Waals surface area contributed by atoms with E-state index in [4.69, 9.17) is 15.2 Å². The summed E-state index contributed by atoms with van der Waals surface area (Å²) in [4.78, 5) is 13.4. The Labute approximate surface area is 120 Å². The van der Waals surface area contributed by atoms with E-state index in [0.29, 0.717) is 19.7 Å². The molecule has 20 heavy (non-hydrogen) atoms. The first-order valence-corrected chi connectivity index (χ1v) is 6.68. The Morgan fingerprint density at radius 1 is 1.35 bits per heavy atom. The predicted octanol–water partition coefficient (Wildman–Crippen LogP) is 2.39. The van der Waals surface area contributed by atoms with E-state index in [9.17, 15) is 4.79 Å². The molecule has 0 saturated carbocycles. The van der Waals surface area contributed by atoms with Gasteiger partial charge in [-0.25, -0.2) is 4.79 Å². The summed E-state index contributed by atoms with van der Waals surface area (Å²) < 4.78 is 10.8. The molecular weight excluding hydrogens is 256 g/mol. The zero-order valence-corrected chi connectivity index (χ0v) is 12.7. The highest BCUT2D eigenvalue weighted by Crippen LogP contribution is 2.16. The van der Waals surface area contributed by atoms with Crippen molar-refractivity contribution in [1.29, 1.82) is 0 Å². The molecule has 0 atom stereocenters. The summed E-state index contributed by atoms with van der Waals surface area (Å²) in [6.07, 6.45) is -0.342. The average molecular weight is 280 g/mol. The van der Waals surface area contributed by atoms with Gasteiger partial charge in [0.25, 0.3) is 0 Å². The highest BCUT2D eigenvalue weighted by molar-refractivity contribution is 5.67. The summed E-state index contributed by atoms with van der Waals surface area (Å²) in [5.74, 6) is 0.755. The number of hydrogen-bond donors (Lipinski definition) is 1. The normalized spacial score (nSPS) is 11.1. The second-order valence-corrected chi connectivity index (χ2v) is 5.62. The summed E-state index contributed by atoms with van der Waals surface area (Å²) in [5.41, 5.74) is 5.89. The van der Waals surface area contributed by atoms with Crippen LogP contribution in [-0.2, 0) is 11.3 Å².